The van der Waals surface area contributed by atoms with Gasteiger partial charge in [0.2, 0.25) is 0 Å². The number of carbonyl (C=O) groups is 1. The second-order valence-electron chi connectivity index (χ2n) is 6.00. The van der Waals surface area contributed by atoms with E-state index in [0.717, 1.165) is 11.1 Å². The van der Waals surface area contributed by atoms with E-state index in [1.54, 1.807) is 0 Å². The van der Waals surface area contributed by atoms with Crippen LogP contribution in [0, 0.1) is 5.92 Å². The third kappa shape index (κ3) is 1.96. The zero-order chi connectivity index (χ0) is 15.0. The molecule has 0 unspecified atom stereocenters. The van der Waals surface area contributed by atoms with E-state index < -0.39 is 5.41 Å². The van der Waals surface area contributed by atoms with Gasteiger partial charge in [-0.05, 0) is 30.5 Å². The molecule has 1 heteroatoms. The fourth-order valence-corrected chi connectivity index (χ4v) is 3.54. The highest BCUT2D eigenvalue weighted by molar-refractivity contribution is 6.11. The predicted molar refractivity (Wildman–Crippen MR) is 87.0 cm³/mol. The van der Waals surface area contributed by atoms with Crippen molar-refractivity contribution >= 4 is 11.4 Å². The Labute approximate surface area is 126 Å². The number of carbonyl (C=O) groups excluding carboxylic acids is 1. The number of Topliss-reactive ketones (excluding diaryl/α,β-unsaturated/α-hetero) is 1. The minimum atomic E-state index is -0.549. The fourth-order valence-electron chi connectivity index (χ4n) is 3.54. The first-order valence-corrected chi connectivity index (χ1v) is 7.43. The van der Waals surface area contributed by atoms with E-state index in [4.69, 9.17) is 0 Å². The van der Waals surface area contributed by atoms with Crippen LogP contribution in [0.15, 0.2) is 66.2 Å². The third-order valence-corrected chi connectivity index (χ3v) is 4.84. The highest BCUT2D eigenvalue weighted by Gasteiger charge is 2.48. The summed E-state index contributed by atoms with van der Waals surface area (Å²) in [7, 11) is 0. The van der Waals surface area contributed by atoms with E-state index in [-0.39, 0.29) is 5.92 Å². The Balaban J connectivity index is 2.26. The minimum absolute atomic E-state index is 0.0228. The van der Waals surface area contributed by atoms with Gasteiger partial charge in [0.25, 0.3) is 0 Å². The molecule has 0 saturated carbocycles. The van der Waals surface area contributed by atoms with Crippen LogP contribution in [0.25, 0.3) is 5.57 Å². The average Bonchev–Trinajstić information content (AvgIpc) is 2.71. The van der Waals surface area contributed by atoms with Crippen LogP contribution in [-0.4, -0.2) is 5.78 Å². The van der Waals surface area contributed by atoms with Crippen molar-refractivity contribution in [3.05, 3.63) is 77.4 Å². The molecule has 2 aromatic carbocycles. The number of benzene rings is 2. The molecule has 1 aliphatic carbocycles. The molecule has 0 aromatic heterocycles. The third-order valence-electron chi connectivity index (χ3n) is 4.84. The quantitative estimate of drug-likeness (QED) is 0.781. The Bertz CT molecular complexity index is 697. The van der Waals surface area contributed by atoms with Gasteiger partial charge in [0, 0.05) is 5.92 Å². The molecule has 0 saturated heterocycles. The van der Waals surface area contributed by atoms with Crippen LogP contribution in [0.3, 0.4) is 0 Å². The van der Waals surface area contributed by atoms with Crippen LogP contribution in [-0.2, 0) is 10.2 Å². The van der Waals surface area contributed by atoms with E-state index in [1.165, 1.54) is 11.1 Å². The molecule has 3 rings (SSSR count). The van der Waals surface area contributed by atoms with Gasteiger partial charge in [0.15, 0.2) is 5.78 Å². The predicted octanol–water partition coefficient (Wildman–Crippen LogP) is 4.64. The summed E-state index contributed by atoms with van der Waals surface area (Å²) in [6, 6.07) is 20.4. The standard InChI is InChI=1S/C20H20O/c1-14-15(2)19(21)20(3,17-12-8-5-9-13-17)18(14)16-10-6-4-7-11-16/h4-13,15H,1-3H3/t15-,20+/m1/s1. The first kappa shape index (κ1) is 13.8. The number of ketones is 1. The molecule has 21 heavy (non-hydrogen) atoms. The summed E-state index contributed by atoms with van der Waals surface area (Å²) in [5.41, 5.74) is 4.05. The van der Waals surface area contributed by atoms with Crippen molar-refractivity contribution in [3.8, 4) is 0 Å². The molecule has 0 aliphatic heterocycles. The lowest BCUT2D eigenvalue weighted by atomic mass is 9.73. The van der Waals surface area contributed by atoms with Gasteiger partial charge in [-0.1, -0.05) is 73.2 Å². The van der Waals surface area contributed by atoms with Gasteiger partial charge in [-0.25, -0.2) is 0 Å². The van der Waals surface area contributed by atoms with Gasteiger partial charge in [-0.3, -0.25) is 4.79 Å². The van der Waals surface area contributed by atoms with Crippen molar-refractivity contribution in [2.45, 2.75) is 26.2 Å². The summed E-state index contributed by atoms with van der Waals surface area (Å²) in [4.78, 5) is 13.0. The molecule has 1 nitrogen and oxygen atoms in total. The van der Waals surface area contributed by atoms with Crippen molar-refractivity contribution in [3.63, 3.8) is 0 Å². The van der Waals surface area contributed by atoms with Crippen molar-refractivity contribution in [2.24, 2.45) is 5.92 Å². The van der Waals surface area contributed by atoms with Gasteiger partial charge >= 0.3 is 0 Å². The second kappa shape index (κ2) is 5.00. The molecule has 2 aromatic rings. The largest absolute Gasteiger partial charge is 0.298 e. The summed E-state index contributed by atoms with van der Waals surface area (Å²) in [5, 5.41) is 0. The summed E-state index contributed by atoms with van der Waals surface area (Å²) in [6.45, 7) is 6.19. The van der Waals surface area contributed by atoms with Crippen molar-refractivity contribution in [1.29, 1.82) is 0 Å². The first-order valence-electron chi connectivity index (χ1n) is 7.43. The van der Waals surface area contributed by atoms with Gasteiger partial charge in [-0.15, -0.1) is 0 Å². The number of rotatable bonds is 2. The Morgan fingerprint density at radius 1 is 0.905 bits per heavy atom. The number of hydrogen-bond acceptors (Lipinski definition) is 1. The first-order chi connectivity index (χ1) is 10.1. The van der Waals surface area contributed by atoms with Gasteiger partial charge < -0.3 is 0 Å². The molecule has 0 spiro atoms. The zero-order valence-corrected chi connectivity index (χ0v) is 12.8. The van der Waals surface area contributed by atoms with Gasteiger partial charge in [-0.2, -0.15) is 0 Å². The molecule has 0 fully saturated rings. The van der Waals surface area contributed by atoms with E-state index in [9.17, 15) is 4.79 Å². The van der Waals surface area contributed by atoms with Gasteiger partial charge in [0.1, 0.15) is 0 Å². The molecule has 0 heterocycles. The second-order valence-corrected chi connectivity index (χ2v) is 6.00. The summed E-state index contributed by atoms with van der Waals surface area (Å²) in [5.74, 6) is 0.274. The van der Waals surface area contributed by atoms with Crippen LogP contribution in [0.5, 0.6) is 0 Å². The van der Waals surface area contributed by atoms with E-state index >= 15 is 0 Å². The van der Waals surface area contributed by atoms with Crippen molar-refractivity contribution < 1.29 is 4.79 Å². The topological polar surface area (TPSA) is 17.1 Å². The molecule has 0 N–H and O–H groups in total. The lowest BCUT2D eigenvalue weighted by Gasteiger charge is -2.28. The van der Waals surface area contributed by atoms with Crippen LogP contribution >= 0.6 is 0 Å². The highest BCUT2D eigenvalue weighted by atomic mass is 16.1. The Morgan fingerprint density at radius 3 is 2.00 bits per heavy atom. The number of allylic oxidation sites excluding steroid dienone is 2. The molecular weight excluding hydrogens is 256 g/mol. The fraction of sp³-hybridized carbons (Fsp3) is 0.250. The van der Waals surface area contributed by atoms with E-state index in [0.29, 0.717) is 5.78 Å². The Hall–Kier alpha value is -2.15. The Morgan fingerprint density at radius 2 is 1.43 bits per heavy atom. The normalized spacial score (nSPS) is 25.5. The van der Waals surface area contributed by atoms with Crippen LogP contribution in [0.2, 0.25) is 0 Å². The Kier molecular flexibility index (Phi) is 3.29. The van der Waals surface area contributed by atoms with E-state index in [2.05, 4.69) is 38.1 Å². The molecular formula is C20H20O. The van der Waals surface area contributed by atoms with Crippen LogP contribution in [0.1, 0.15) is 31.9 Å². The van der Waals surface area contributed by atoms with E-state index in [1.807, 2.05) is 43.3 Å². The minimum Gasteiger partial charge on any atom is -0.298 e. The van der Waals surface area contributed by atoms with Crippen LogP contribution in [0.4, 0.5) is 0 Å². The molecule has 0 radical (unpaired) electrons. The maximum Gasteiger partial charge on any atom is 0.154 e. The lowest BCUT2D eigenvalue weighted by molar-refractivity contribution is -0.123. The maximum absolute atomic E-state index is 13.0. The van der Waals surface area contributed by atoms with Crippen LogP contribution < -0.4 is 0 Å². The molecule has 2 atom stereocenters. The summed E-state index contributed by atoms with van der Waals surface area (Å²) in [6.07, 6.45) is 0. The molecule has 0 bridgehead atoms. The SMILES string of the molecule is CC1=C(c2ccccc2)[C@](C)(c2ccccc2)C(=O)[C@@H]1C. The zero-order valence-electron chi connectivity index (χ0n) is 12.8. The summed E-state index contributed by atoms with van der Waals surface area (Å²) < 4.78 is 0. The highest BCUT2D eigenvalue weighted by Crippen LogP contribution is 2.49. The molecule has 106 valence electrons. The monoisotopic (exact) mass is 276 g/mol. The molecule has 1 aliphatic rings. The lowest BCUT2D eigenvalue weighted by Crippen LogP contribution is -2.32. The maximum atomic E-state index is 13.0. The number of hydrogen-bond donors (Lipinski definition) is 0. The summed E-state index contributed by atoms with van der Waals surface area (Å²) >= 11 is 0. The van der Waals surface area contributed by atoms with Crippen molar-refractivity contribution in [1.82, 2.24) is 0 Å². The smallest absolute Gasteiger partial charge is 0.154 e. The average molecular weight is 276 g/mol. The molecule has 0 amide bonds. The van der Waals surface area contributed by atoms with Gasteiger partial charge in [0.05, 0.1) is 5.41 Å². The van der Waals surface area contributed by atoms with Crippen molar-refractivity contribution in [2.75, 3.05) is 0 Å².